The van der Waals surface area contributed by atoms with Gasteiger partial charge in [-0.1, -0.05) is 65.8 Å². The van der Waals surface area contributed by atoms with Gasteiger partial charge in [0.1, 0.15) is 0 Å². The molecule has 0 radical (unpaired) electrons. The first kappa shape index (κ1) is 41.5. The number of hydrogen-bond donors (Lipinski definition) is 0. The maximum Gasteiger partial charge on any atom is 0.314 e. The molecule has 0 aliphatic carbocycles. The Hall–Kier alpha value is -3.45. The van der Waals surface area contributed by atoms with Gasteiger partial charge in [-0.25, -0.2) is 5.01 Å². The Morgan fingerprint density at radius 1 is 0.600 bits per heavy atom. The maximum atomic E-state index is 12.7. The molecule has 0 aliphatic rings. The SMILES string of the molecule is CCN=C(C)C.CCc1cc(CC)c(C(=O)C(=O)Cl)c(CC)c1.CCc1cc(CC)c(C(=O)C(=O)N(C)N=C(C)C)c(CC)c1. The molecule has 0 atom stereocenters. The van der Waals surface area contributed by atoms with Gasteiger partial charge in [-0.15, -0.1) is 0 Å². The third-order valence-electron chi connectivity index (χ3n) is 7.01. The number of hydrazone groups is 1. The summed E-state index contributed by atoms with van der Waals surface area (Å²) in [7, 11) is 1.52. The van der Waals surface area contributed by atoms with Crippen molar-refractivity contribution in [2.24, 2.45) is 10.1 Å². The average molecular weight is 640 g/mol. The summed E-state index contributed by atoms with van der Waals surface area (Å²) in [5.74, 6) is -1.64. The van der Waals surface area contributed by atoms with E-state index in [0.717, 1.165) is 83.8 Å². The summed E-state index contributed by atoms with van der Waals surface area (Å²) in [6, 6.07) is 8.06. The van der Waals surface area contributed by atoms with Crippen molar-refractivity contribution in [1.82, 2.24) is 5.01 Å². The molecule has 0 spiro atoms. The number of carbonyl (C=O) groups is 4. The fraction of sp³-hybridized carbons (Fsp3) is 0.514. The van der Waals surface area contributed by atoms with Crippen LogP contribution in [0.15, 0.2) is 34.4 Å². The summed E-state index contributed by atoms with van der Waals surface area (Å²) in [6.07, 6.45) is 4.76. The fourth-order valence-corrected chi connectivity index (χ4v) is 4.89. The molecule has 45 heavy (non-hydrogen) atoms. The van der Waals surface area contributed by atoms with E-state index in [9.17, 15) is 19.2 Å². The predicted molar refractivity (Wildman–Crippen MR) is 190 cm³/mol. The Labute approximate surface area is 276 Å². The zero-order valence-corrected chi connectivity index (χ0v) is 30.4. The first-order chi connectivity index (χ1) is 21.2. The number of amides is 1. The van der Waals surface area contributed by atoms with Crippen molar-refractivity contribution in [1.29, 1.82) is 0 Å². The van der Waals surface area contributed by atoms with Gasteiger partial charge in [0.15, 0.2) is 0 Å². The lowest BCUT2D eigenvalue weighted by atomic mass is 9.91. The van der Waals surface area contributed by atoms with Crippen LogP contribution in [0.3, 0.4) is 0 Å². The van der Waals surface area contributed by atoms with Gasteiger partial charge in [-0.3, -0.25) is 24.2 Å². The fourth-order valence-electron chi connectivity index (χ4n) is 4.80. The summed E-state index contributed by atoms with van der Waals surface area (Å²) < 4.78 is 0. The highest BCUT2D eigenvalue weighted by Crippen LogP contribution is 2.23. The summed E-state index contributed by atoms with van der Waals surface area (Å²) in [6.45, 7) is 22.7. The van der Waals surface area contributed by atoms with Crippen LogP contribution in [0.2, 0.25) is 0 Å². The molecule has 0 fully saturated rings. The molecule has 2 aromatic rings. The molecule has 8 heteroatoms. The van der Waals surface area contributed by atoms with Crippen molar-refractivity contribution in [2.45, 2.75) is 115 Å². The quantitative estimate of drug-likeness (QED) is 0.0768. The van der Waals surface area contributed by atoms with Crippen molar-refractivity contribution in [2.75, 3.05) is 13.6 Å². The predicted octanol–water partition coefficient (Wildman–Crippen LogP) is 8.22. The molecule has 2 rings (SSSR count). The average Bonchev–Trinajstić information content (AvgIpc) is 3.02. The molecule has 0 unspecified atom stereocenters. The molecule has 0 saturated carbocycles. The number of Topliss-reactive ketones (excluding diaryl/α,β-unsaturated/α-hetero) is 2. The van der Waals surface area contributed by atoms with E-state index < -0.39 is 22.7 Å². The van der Waals surface area contributed by atoms with Crippen LogP contribution in [0.4, 0.5) is 0 Å². The van der Waals surface area contributed by atoms with Crippen LogP contribution in [0, 0.1) is 0 Å². The summed E-state index contributed by atoms with van der Waals surface area (Å²) in [5.41, 5.74) is 9.08. The van der Waals surface area contributed by atoms with E-state index in [1.807, 2.05) is 72.7 Å². The molecule has 0 aromatic heterocycles. The Bertz CT molecular complexity index is 1330. The van der Waals surface area contributed by atoms with E-state index in [2.05, 4.69) is 23.9 Å². The van der Waals surface area contributed by atoms with Gasteiger partial charge < -0.3 is 0 Å². The minimum absolute atomic E-state index is 0.469. The third kappa shape index (κ3) is 13.2. The van der Waals surface area contributed by atoms with Gasteiger partial charge in [-0.2, -0.15) is 5.10 Å². The lowest BCUT2D eigenvalue weighted by molar-refractivity contribution is -0.125. The highest BCUT2D eigenvalue weighted by atomic mass is 35.5. The molecule has 1 amide bonds. The first-order valence-corrected chi connectivity index (χ1v) is 16.4. The normalized spacial score (nSPS) is 9.98. The van der Waals surface area contributed by atoms with Gasteiger partial charge in [0.2, 0.25) is 5.78 Å². The zero-order chi connectivity index (χ0) is 34.9. The van der Waals surface area contributed by atoms with E-state index >= 15 is 0 Å². The molecule has 0 saturated heterocycles. The van der Waals surface area contributed by atoms with E-state index in [0.29, 0.717) is 11.1 Å². The van der Waals surface area contributed by atoms with Crippen LogP contribution in [0.5, 0.6) is 0 Å². The number of rotatable bonds is 12. The second kappa shape index (κ2) is 21.3. The van der Waals surface area contributed by atoms with E-state index in [1.54, 1.807) is 13.8 Å². The Morgan fingerprint density at radius 2 is 0.956 bits per heavy atom. The van der Waals surface area contributed by atoms with Crippen molar-refractivity contribution in [3.63, 3.8) is 0 Å². The number of hydrogen-bond acceptors (Lipinski definition) is 6. The van der Waals surface area contributed by atoms with Crippen LogP contribution in [0.1, 0.15) is 130 Å². The van der Waals surface area contributed by atoms with Crippen LogP contribution in [-0.2, 0) is 48.1 Å². The van der Waals surface area contributed by atoms with Crippen molar-refractivity contribution in [3.05, 3.63) is 68.8 Å². The third-order valence-corrected chi connectivity index (χ3v) is 7.18. The second-order valence-electron chi connectivity index (χ2n) is 10.9. The lowest BCUT2D eigenvalue weighted by Crippen LogP contribution is -2.31. The van der Waals surface area contributed by atoms with Crippen molar-refractivity contribution >= 4 is 45.7 Å². The lowest BCUT2D eigenvalue weighted by Gasteiger charge is -2.16. The number of aryl methyl sites for hydroxylation is 6. The van der Waals surface area contributed by atoms with Crippen molar-refractivity contribution in [3.8, 4) is 0 Å². The number of benzene rings is 2. The molecule has 0 bridgehead atoms. The van der Waals surface area contributed by atoms with Gasteiger partial charge in [0.25, 0.3) is 11.0 Å². The number of ketones is 2. The van der Waals surface area contributed by atoms with Crippen LogP contribution in [-0.4, -0.2) is 52.7 Å². The molecular weight excluding hydrogens is 586 g/mol. The Balaban J connectivity index is 0.000000744. The summed E-state index contributed by atoms with van der Waals surface area (Å²) in [4.78, 5) is 51.9. The Morgan fingerprint density at radius 3 is 1.18 bits per heavy atom. The van der Waals surface area contributed by atoms with E-state index in [-0.39, 0.29) is 0 Å². The van der Waals surface area contributed by atoms with Crippen LogP contribution >= 0.6 is 11.6 Å². The van der Waals surface area contributed by atoms with Gasteiger partial charge in [-0.05, 0) is 118 Å². The zero-order valence-electron chi connectivity index (χ0n) is 29.6. The number of likely N-dealkylation sites (N-methyl/N-ethyl adjacent to an activating group) is 1. The number of halogens is 1. The summed E-state index contributed by atoms with van der Waals surface area (Å²) >= 11 is 5.31. The minimum atomic E-state index is -0.904. The largest absolute Gasteiger partial charge is 0.314 e. The topological polar surface area (TPSA) is 96.2 Å². The van der Waals surface area contributed by atoms with E-state index in [1.165, 1.54) is 18.2 Å². The maximum absolute atomic E-state index is 12.7. The van der Waals surface area contributed by atoms with Gasteiger partial charge in [0.05, 0.1) is 0 Å². The molecule has 0 heterocycles. The molecule has 0 aliphatic heterocycles. The highest BCUT2D eigenvalue weighted by Gasteiger charge is 2.25. The summed E-state index contributed by atoms with van der Waals surface area (Å²) in [5, 5.41) is 4.27. The van der Waals surface area contributed by atoms with Crippen LogP contribution in [0.25, 0.3) is 0 Å². The molecule has 7 nitrogen and oxygen atoms in total. The van der Waals surface area contributed by atoms with E-state index in [4.69, 9.17) is 11.6 Å². The highest BCUT2D eigenvalue weighted by molar-refractivity contribution is 6.83. The molecule has 2 aromatic carbocycles. The van der Waals surface area contributed by atoms with Gasteiger partial charge >= 0.3 is 5.91 Å². The number of aliphatic imine (C=N–C) groups is 1. The van der Waals surface area contributed by atoms with Gasteiger partial charge in [0, 0.05) is 36.1 Å². The first-order valence-electron chi connectivity index (χ1n) is 16.0. The van der Waals surface area contributed by atoms with Crippen molar-refractivity contribution < 1.29 is 19.2 Å². The second-order valence-corrected chi connectivity index (χ2v) is 11.3. The minimum Gasteiger partial charge on any atom is -0.295 e. The Kier molecular flexibility index (Phi) is 19.7. The molecule has 0 N–H and O–H groups in total. The monoisotopic (exact) mass is 639 g/mol. The molecular formula is C37H54ClN3O4. The smallest absolute Gasteiger partial charge is 0.295 e. The number of nitrogens with zero attached hydrogens (tertiary/aromatic N) is 3. The molecule has 248 valence electrons. The van der Waals surface area contributed by atoms with Crippen LogP contribution < -0.4 is 0 Å². The number of carbonyl (C=O) groups excluding carboxylic acids is 4. The standard InChI is InChI=1S/C18H26N2O2.C14H17ClO2.C5H11N/c1-7-13-10-14(8-2)16(15(9-3)11-13)17(21)18(22)20(6)19-12(4)5;1-4-9-7-10(5-2)12(11(6-3)8-9)13(16)14(15)17;1-4-6-5(2)3/h10-11H,7-9H2,1-6H3;7-8H,4-6H2,1-3H3;4H2,1-3H3.